The van der Waals surface area contributed by atoms with E-state index in [2.05, 4.69) is 0 Å². The van der Waals surface area contributed by atoms with E-state index in [9.17, 15) is 4.79 Å². The highest BCUT2D eigenvalue weighted by Gasteiger charge is 2.22. The van der Waals surface area contributed by atoms with Crippen molar-refractivity contribution in [3.8, 4) is 28.7 Å². The average molecular weight is 332 g/mol. The molecule has 6 heteroatoms. The van der Waals surface area contributed by atoms with E-state index in [1.807, 2.05) is 0 Å². The molecule has 0 atom stereocenters. The molecule has 0 bridgehead atoms. The molecule has 2 rings (SSSR count). The van der Waals surface area contributed by atoms with Gasteiger partial charge in [0.05, 0.1) is 46.7 Å². The van der Waals surface area contributed by atoms with Crippen molar-refractivity contribution in [2.45, 2.75) is 0 Å². The van der Waals surface area contributed by atoms with Gasteiger partial charge in [-0.05, 0) is 18.2 Å². The number of hydrogen-bond acceptors (Lipinski definition) is 6. The van der Waals surface area contributed by atoms with Crippen LogP contribution in [0.4, 0.5) is 0 Å². The van der Waals surface area contributed by atoms with Crippen LogP contribution in [0.15, 0.2) is 30.3 Å². The van der Waals surface area contributed by atoms with Crippen LogP contribution in [-0.4, -0.2) is 41.3 Å². The first kappa shape index (κ1) is 17.5. The van der Waals surface area contributed by atoms with E-state index in [0.717, 1.165) is 0 Å². The van der Waals surface area contributed by atoms with Crippen molar-refractivity contribution in [2.24, 2.45) is 0 Å². The summed E-state index contributed by atoms with van der Waals surface area (Å²) in [6.07, 6.45) is 0. The molecule has 2 aromatic rings. The van der Waals surface area contributed by atoms with Crippen molar-refractivity contribution < 1.29 is 28.5 Å². The zero-order valence-corrected chi connectivity index (χ0v) is 14.3. The van der Waals surface area contributed by atoms with Gasteiger partial charge in [-0.2, -0.15) is 0 Å². The molecule has 0 aliphatic rings. The molecule has 0 spiro atoms. The highest BCUT2D eigenvalue weighted by atomic mass is 16.5. The standard InChI is InChI=1S/C18H20O6/c1-20-11-6-7-12(14(8-11)21-2)18(19)13-9-16(23-4)17(24-5)10-15(13)22-3/h6-10H,1-5H3. The van der Waals surface area contributed by atoms with Gasteiger partial charge in [0.2, 0.25) is 5.78 Å². The lowest BCUT2D eigenvalue weighted by molar-refractivity contribution is 0.103. The molecule has 2 aromatic carbocycles. The molecule has 0 saturated heterocycles. The highest BCUT2D eigenvalue weighted by Crippen LogP contribution is 2.37. The summed E-state index contributed by atoms with van der Waals surface area (Å²) in [7, 11) is 7.56. The van der Waals surface area contributed by atoms with Crippen LogP contribution in [0.5, 0.6) is 28.7 Å². The monoisotopic (exact) mass is 332 g/mol. The Labute approximate surface area is 140 Å². The number of hydrogen-bond donors (Lipinski definition) is 0. The van der Waals surface area contributed by atoms with Crippen LogP contribution in [0, 0.1) is 0 Å². The van der Waals surface area contributed by atoms with E-state index < -0.39 is 0 Å². The lowest BCUT2D eigenvalue weighted by atomic mass is 10.0. The molecule has 24 heavy (non-hydrogen) atoms. The number of ether oxygens (including phenoxy) is 5. The van der Waals surface area contributed by atoms with Crippen LogP contribution in [0.3, 0.4) is 0 Å². The second kappa shape index (κ2) is 7.59. The maximum absolute atomic E-state index is 13.0. The van der Waals surface area contributed by atoms with Crippen LogP contribution in [0.1, 0.15) is 15.9 Å². The summed E-state index contributed by atoms with van der Waals surface area (Å²) in [5.41, 5.74) is 0.738. The van der Waals surface area contributed by atoms with Gasteiger partial charge < -0.3 is 23.7 Å². The highest BCUT2D eigenvalue weighted by molar-refractivity contribution is 6.12. The zero-order valence-electron chi connectivity index (χ0n) is 14.3. The number of benzene rings is 2. The summed E-state index contributed by atoms with van der Waals surface area (Å²) in [6, 6.07) is 8.20. The van der Waals surface area contributed by atoms with Gasteiger partial charge in [-0.25, -0.2) is 0 Å². The van der Waals surface area contributed by atoms with Gasteiger partial charge in [-0.1, -0.05) is 0 Å². The molecule has 128 valence electrons. The molecule has 0 heterocycles. The van der Waals surface area contributed by atoms with Crippen LogP contribution in [0.2, 0.25) is 0 Å². The Kier molecular flexibility index (Phi) is 5.52. The fraction of sp³-hybridized carbons (Fsp3) is 0.278. The number of ketones is 1. The normalized spacial score (nSPS) is 10.0. The maximum atomic E-state index is 13.0. The van der Waals surface area contributed by atoms with E-state index in [1.165, 1.54) is 28.4 Å². The largest absolute Gasteiger partial charge is 0.497 e. The molecule has 0 radical (unpaired) electrons. The first-order valence-electron chi connectivity index (χ1n) is 7.16. The SMILES string of the molecule is COc1ccc(C(=O)c2cc(OC)c(OC)cc2OC)c(OC)c1. The van der Waals surface area contributed by atoms with Gasteiger partial charge in [0.15, 0.2) is 11.5 Å². The van der Waals surface area contributed by atoms with E-state index >= 15 is 0 Å². The lowest BCUT2D eigenvalue weighted by Crippen LogP contribution is -2.07. The zero-order chi connectivity index (χ0) is 17.7. The van der Waals surface area contributed by atoms with Crippen molar-refractivity contribution in [1.82, 2.24) is 0 Å². The maximum Gasteiger partial charge on any atom is 0.200 e. The smallest absolute Gasteiger partial charge is 0.200 e. The third-order valence-corrected chi connectivity index (χ3v) is 3.60. The second-order valence-electron chi connectivity index (χ2n) is 4.80. The third-order valence-electron chi connectivity index (χ3n) is 3.60. The van der Waals surface area contributed by atoms with Crippen LogP contribution in [-0.2, 0) is 0 Å². The number of carbonyl (C=O) groups is 1. The Balaban J connectivity index is 2.57. The number of carbonyl (C=O) groups excluding carboxylic acids is 1. The minimum absolute atomic E-state index is 0.257. The summed E-state index contributed by atoms with van der Waals surface area (Å²) < 4.78 is 26.3. The summed E-state index contributed by atoms with van der Waals surface area (Å²) in [5.74, 6) is 2.06. The molecule has 0 aliphatic heterocycles. The molecule has 0 fully saturated rings. The van der Waals surface area contributed by atoms with E-state index in [1.54, 1.807) is 37.4 Å². The van der Waals surface area contributed by atoms with Crippen LogP contribution < -0.4 is 23.7 Å². The molecule has 0 amide bonds. The van der Waals surface area contributed by atoms with Gasteiger partial charge in [0.25, 0.3) is 0 Å². The van der Waals surface area contributed by atoms with E-state index in [-0.39, 0.29) is 5.78 Å². The molecule has 0 aromatic heterocycles. The molecular weight excluding hydrogens is 312 g/mol. The molecule has 0 unspecified atom stereocenters. The van der Waals surface area contributed by atoms with Crippen molar-refractivity contribution in [2.75, 3.05) is 35.5 Å². The van der Waals surface area contributed by atoms with Gasteiger partial charge in [0.1, 0.15) is 17.2 Å². The van der Waals surface area contributed by atoms with Crippen molar-refractivity contribution in [1.29, 1.82) is 0 Å². The molecule has 0 saturated carbocycles. The summed E-state index contributed by atoms with van der Waals surface area (Å²) in [5, 5.41) is 0. The van der Waals surface area contributed by atoms with Crippen molar-refractivity contribution >= 4 is 5.78 Å². The van der Waals surface area contributed by atoms with Gasteiger partial charge in [-0.15, -0.1) is 0 Å². The fourth-order valence-corrected chi connectivity index (χ4v) is 2.34. The molecular formula is C18H20O6. The van der Waals surface area contributed by atoms with Crippen LogP contribution in [0.25, 0.3) is 0 Å². The summed E-state index contributed by atoms with van der Waals surface area (Å²) in [4.78, 5) is 13.0. The topological polar surface area (TPSA) is 63.2 Å². The Morgan fingerprint density at radius 3 is 1.71 bits per heavy atom. The van der Waals surface area contributed by atoms with Crippen molar-refractivity contribution in [3.05, 3.63) is 41.5 Å². The van der Waals surface area contributed by atoms with Crippen LogP contribution >= 0.6 is 0 Å². The first-order chi connectivity index (χ1) is 11.6. The predicted octanol–water partition coefficient (Wildman–Crippen LogP) is 2.96. The summed E-state index contributed by atoms with van der Waals surface area (Å²) in [6.45, 7) is 0. The average Bonchev–Trinajstić information content (AvgIpc) is 2.65. The van der Waals surface area contributed by atoms with Gasteiger partial charge in [0, 0.05) is 12.1 Å². The fourth-order valence-electron chi connectivity index (χ4n) is 2.34. The lowest BCUT2D eigenvalue weighted by Gasteiger charge is -2.15. The first-order valence-corrected chi connectivity index (χ1v) is 7.16. The Morgan fingerprint density at radius 2 is 1.17 bits per heavy atom. The summed E-state index contributed by atoms with van der Waals surface area (Å²) >= 11 is 0. The molecule has 0 N–H and O–H groups in total. The van der Waals surface area contributed by atoms with E-state index in [4.69, 9.17) is 23.7 Å². The minimum Gasteiger partial charge on any atom is -0.497 e. The van der Waals surface area contributed by atoms with E-state index in [0.29, 0.717) is 39.9 Å². The van der Waals surface area contributed by atoms with Gasteiger partial charge >= 0.3 is 0 Å². The molecule has 0 aliphatic carbocycles. The number of methoxy groups -OCH3 is 5. The van der Waals surface area contributed by atoms with Gasteiger partial charge in [-0.3, -0.25) is 4.79 Å². The quantitative estimate of drug-likeness (QED) is 0.727. The Bertz CT molecular complexity index is 739. The number of rotatable bonds is 7. The molecule has 6 nitrogen and oxygen atoms in total. The van der Waals surface area contributed by atoms with Crippen molar-refractivity contribution in [3.63, 3.8) is 0 Å². The minimum atomic E-state index is -0.257. The third kappa shape index (κ3) is 3.22. The second-order valence-corrected chi connectivity index (χ2v) is 4.80. The Hall–Kier alpha value is -2.89. The predicted molar refractivity (Wildman–Crippen MR) is 89.1 cm³/mol. The Morgan fingerprint density at radius 1 is 0.625 bits per heavy atom.